The van der Waals surface area contributed by atoms with Crippen LogP contribution in [0.2, 0.25) is 0 Å². The average Bonchev–Trinajstić information content (AvgIpc) is 2.56. The molecule has 3 rings (SSSR count). The van der Waals surface area contributed by atoms with Crippen LogP contribution >= 0.6 is 12.4 Å². The zero-order valence-corrected chi connectivity index (χ0v) is 16.6. The molecule has 1 aromatic rings. The molecule has 2 N–H and O–H groups in total. The molecule has 0 aromatic carbocycles. The predicted octanol–water partition coefficient (Wildman–Crippen LogP) is 0.457. The number of nitrogens with one attached hydrogen (secondary N) is 2. The van der Waals surface area contributed by atoms with E-state index in [0.29, 0.717) is 6.54 Å². The molecule has 26 heavy (non-hydrogen) atoms. The zero-order chi connectivity index (χ0) is 18.2. The molecule has 1 fully saturated rings. The van der Waals surface area contributed by atoms with Crippen LogP contribution in [0.4, 0.5) is 0 Å². The van der Waals surface area contributed by atoms with Gasteiger partial charge in [-0.25, -0.2) is 8.42 Å². The van der Waals surface area contributed by atoms with E-state index in [2.05, 4.69) is 10.6 Å². The summed E-state index contributed by atoms with van der Waals surface area (Å²) < 4.78 is 25.4. The first-order valence-corrected chi connectivity index (χ1v) is 10.4. The molecule has 1 saturated heterocycles. The van der Waals surface area contributed by atoms with Gasteiger partial charge < -0.3 is 10.6 Å². The van der Waals surface area contributed by atoms with E-state index in [4.69, 9.17) is 0 Å². The molecular weight excluding hydrogens is 378 g/mol. The van der Waals surface area contributed by atoms with Crippen LogP contribution in [0, 0.1) is 5.92 Å². The van der Waals surface area contributed by atoms with E-state index in [1.807, 2.05) is 6.07 Å². The maximum atomic E-state index is 12.8. The van der Waals surface area contributed by atoms with Crippen LogP contribution < -0.4 is 16.2 Å². The lowest BCUT2D eigenvalue weighted by molar-refractivity contribution is -0.126. The molecule has 7 nitrogen and oxygen atoms in total. The summed E-state index contributed by atoms with van der Waals surface area (Å²) in [4.78, 5) is 25.2. The Morgan fingerprint density at radius 1 is 1.35 bits per heavy atom. The molecule has 1 aromatic heterocycles. The van der Waals surface area contributed by atoms with Gasteiger partial charge in [0.05, 0.1) is 11.0 Å². The fourth-order valence-electron chi connectivity index (χ4n) is 3.79. The second-order valence-corrected chi connectivity index (χ2v) is 9.84. The third-order valence-corrected chi connectivity index (χ3v) is 7.43. The number of rotatable bonds is 5. The van der Waals surface area contributed by atoms with Crippen LogP contribution in [0.25, 0.3) is 0 Å². The lowest BCUT2D eigenvalue weighted by Gasteiger charge is -2.42. The van der Waals surface area contributed by atoms with Crippen LogP contribution in [0.15, 0.2) is 23.0 Å². The van der Waals surface area contributed by atoms with Crippen molar-refractivity contribution in [2.75, 3.05) is 25.4 Å². The van der Waals surface area contributed by atoms with Crippen LogP contribution in [0.1, 0.15) is 37.9 Å². The SMILES string of the molecule is CC(C)S(=O)(=O)CCNC(=O)[C@H]1[C@@H]2CNC[C@@H](C2)c2cccc(=O)n21.Cl. The topological polar surface area (TPSA) is 97.3 Å². The first-order chi connectivity index (χ1) is 11.8. The Bertz CT molecular complexity index is 822. The van der Waals surface area contributed by atoms with Gasteiger partial charge in [0.25, 0.3) is 5.56 Å². The maximum Gasteiger partial charge on any atom is 0.251 e. The number of carbonyl (C=O) groups is 1. The number of hydrogen-bond donors (Lipinski definition) is 2. The van der Waals surface area contributed by atoms with Gasteiger partial charge in [0, 0.05) is 43.2 Å². The number of aromatic nitrogens is 1. The second-order valence-electron chi connectivity index (χ2n) is 7.16. The largest absolute Gasteiger partial charge is 0.353 e. The van der Waals surface area contributed by atoms with E-state index in [1.165, 1.54) is 6.07 Å². The molecule has 3 heterocycles. The lowest BCUT2D eigenvalue weighted by Crippen LogP contribution is -2.52. The van der Waals surface area contributed by atoms with Gasteiger partial charge in [-0.3, -0.25) is 14.2 Å². The average molecular weight is 404 g/mol. The van der Waals surface area contributed by atoms with Crippen molar-refractivity contribution in [2.24, 2.45) is 5.92 Å². The number of hydrogen-bond acceptors (Lipinski definition) is 5. The number of pyridine rings is 1. The standard InChI is InChI=1S/C17H25N3O4S.ClH/c1-11(2)25(23,24)7-6-19-17(22)16-13-8-12(9-18-10-13)14-4-3-5-15(21)20(14)16;/h3-5,11-13,16,18H,6-10H2,1-2H3,(H,19,22);1H/t12-,13+,16-;/m1./s1. The van der Waals surface area contributed by atoms with Crippen molar-refractivity contribution in [1.82, 2.24) is 15.2 Å². The number of halogens is 1. The summed E-state index contributed by atoms with van der Waals surface area (Å²) in [6.45, 7) is 4.81. The Kier molecular flexibility index (Phi) is 6.52. The minimum absolute atomic E-state index is 0. The molecule has 2 aliphatic heterocycles. The zero-order valence-electron chi connectivity index (χ0n) is 15.0. The number of piperidine rings is 1. The summed E-state index contributed by atoms with van der Waals surface area (Å²) in [5.74, 6) is -0.0997. The van der Waals surface area contributed by atoms with Gasteiger partial charge in [-0.2, -0.15) is 0 Å². The van der Waals surface area contributed by atoms with Gasteiger partial charge in [-0.1, -0.05) is 6.07 Å². The van der Waals surface area contributed by atoms with Gasteiger partial charge in [0.15, 0.2) is 9.84 Å². The highest BCUT2D eigenvalue weighted by atomic mass is 35.5. The number of carbonyl (C=O) groups excluding carboxylic acids is 1. The first kappa shape index (κ1) is 20.9. The van der Waals surface area contributed by atoms with Crippen LogP contribution in [-0.2, 0) is 14.6 Å². The Morgan fingerprint density at radius 3 is 2.77 bits per heavy atom. The summed E-state index contributed by atoms with van der Waals surface area (Å²) in [6.07, 6.45) is 0.860. The summed E-state index contributed by atoms with van der Waals surface area (Å²) in [7, 11) is -3.21. The summed E-state index contributed by atoms with van der Waals surface area (Å²) in [6, 6.07) is 4.52. The van der Waals surface area contributed by atoms with E-state index in [1.54, 1.807) is 24.5 Å². The summed E-state index contributed by atoms with van der Waals surface area (Å²) in [5, 5.41) is 5.60. The molecule has 0 aliphatic carbocycles. The normalized spacial score (nSPS) is 24.5. The van der Waals surface area contributed by atoms with Gasteiger partial charge in [0.1, 0.15) is 6.04 Å². The minimum atomic E-state index is -3.21. The number of sulfone groups is 1. The third-order valence-electron chi connectivity index (χ3n) is 5.22. The molecule has 1 amide bonds. The summed E-state index contributed by atoms with van der Waals surface area (Å²) >= 11 is 0. The Labute approximate surface area is 159 Å². The highest BCUT2D eigenvalue weighted by molar-refractivity contribution is 7.92. The van der Waals surface area contributed by atoms with Crippen molar-refractivity contribution in [2.45, 2.75) is 37.5 Å². The smallest absolute Gasteiger partial charge is 0.251 e. The molecule has 146 valence electrons. The predicted molar refractivity (Wildman–Crippen MR) is 103 cm³/mol. The van der Waals surface area contributed by atoms with Gasteiger partial charge >= 0.3 is 0 Å². The first-order valence-electron chi connectivity index (χ1n) is 8.72. The third kappa shape index (κ3) is 3.97. The van der Waals surface area contributed by atoms with E-state index < -0.39 is 21.1 Å². The van der Waals surface area contributed by atoms with Crippen LogP contribution in [0.5, 0.6) is 0 Å². The summed E-state index contributed by atoms with van der Waals surface area (Å²) in [5.41, 5.74) is 0.704. The fourth-order valence-corrected chi connectivity index (χ4v) is 4.65. The molecule has 2 aliphatic rings. The van der Waals surface area contributed by atoms with Crippen LogP contribution in [-0.4, -0.2) is 49.5 Å². The number of nitrogens with zero attached hydrogens (tertiary/aromatic N) is 1. The Hall–Kier alpha value is -1.38. The molecular formula is C17H26ClN3O4S. The van der Waals surface area contributed by atoms with Gasteiger partial charge in [-0.05, 0) is 26.3 Å². The Morgan fingerprint density at radius 2 is 2.08 bits per heavy atom. The quantitative estimate of drug-likeness (QED) is 0.744. The lowest BCUT2D eigenvalue weighted by atomic mass is 9.79. The fraction of sp³-hybridized carbons (Fsp3) is 0.647. The highest BCUT2D eigenvalue weighted by Gasteiger charge is 2.41. The second kappa shape index (κ2) is 8.10. The minimum Gasteiger partial charge on any atom is -0.353 e. The van der Waals surface area contributed by atoms with Crippen molar-refractivity contribution in [1.29, 1.82) is 0 Å². The molecule has 9 heteroatoms. The molecule has 0 spiro atoms. The van der Waals surface area contributed by atoms with Crippen LogP contribution in [0.3, 0.4) is 0 Å². The van der Waals surface area contributed by atoms with Crippen molar-refractivity contribution in [3.63, 3.8) is 0 Å². The van der Waals surface area contributed by atoms with Gasteiger partial charge in [-0.15, -0.1) is 12.4 Å². The number of fused-ring (bicyclic) bond motifs is 4. The molecule has 0 saturated carbocycles. The molecule has 2 bridgehead atoms. The molecule has 3 atom stereocenters. The monoisotopic (exact) mass is 403 g/mol. The van der Waals surface area contributed by atoms with E-state index in [9.17, 15) is 18.0 Å². The highest BCUT2D eigenvalue weighted by Crippen LogP contribution is 2.38. The van der Waals surface area contributed by atoms with E-state index in [0.717, 1.165) is 18.7 Å². The maximum absolute atomic E-state index is 12.8. The van der Waals surface area contributed by atoms with Crippen molar-refractivity contribution < 1.29 is 13.2 Å². The Balaban J connectivity index is 0.00000243. The van der Waals surface area contributed by atoms with Gasteiger partial charge in [0.2, 0.25) is 5.91 Å². The molecule has 0 radical (unpaired) electrons. The number of amides is 1. The van der Waals surface area contributed by atoms with E-state index >= 15 is 0 Å². The van der Waals surface area contributed by atoms with Crippen molar-refractivity contribution >= 4 is 28.2 Å². The van der Waals surface area contributed by atoms with Crippen molar-refractivity contribution in [3.05, 3.63) is 34.2 Å². The molecule has 0 unspecified atom stereocenters. The van der Waals surface area contributed by atoms with Crippen molar-refractivity contribution in [3.8, 4) is 0 Å². The van der Waals surface area contributed by atoms with E-state index in [-0.39, 0.29) is 48.0 Å².